The highest BCUT2D eigenvalue weighted by Crippen LogP contribution is 2.31. The number of hydrogen-bond donors (Lipinski definition) is 2. The molecule has 1 heterocycles. The SMILES string of the molecule is O=C(O)CSCc1csc(NC(=O)N(C2CCCCC2)C2CCCCC2)n1. The normalized spacial score (nSPS) is 19.0. The zero-order valence-electron chi connectivity index (χ0n) is 15.7. The third kappa shape index (κ3) is 6.10. The van der Waals surface area contributed by atoms with Gasteiger partial charge in [0, 0.05) is 23.2 Å². The first-order valence-electron chi connectivity index (χ1n) is 9.97. The zero-order chi connectivity index (χ0) is 19.1. The Morgan fingerprint density at radius 1 is 1.11 bits per heavy atom. The van der Waals surface area contributed by atoms with Crippen LogP contribution in [0.1, 0.15) is 69.9 Å². The second kappa shape index (κ2) is 10.3. The van der Waals surface area contributed by atoms with Crippen LogP contribution < -0.4 is 5.32 Å². The molecule has 2 fully saturated rings. The summed E-state index contributed by atoms with van der Waals surface area (Å²) >= 11 is 2.74. The summed E-state index contributed by atoms with van der Waals surface area (Å²) in [5.41, 5.74) is 0.823. The summed E-state index contributed by atoms with van der Waals surface area (Å²) in [4.78, 5) is 30.3. The summed E-state index contributed by atoms with van der Waals surface area (Å²) in [7, 11) is 0. The Labute approximate surface area is 169 Å². The van der Waals surface area contributed by atoms with Gasteiger partial charge in [0.1, 0.15) is 0 Å². The van der Waals surface area contributed by atoms with Crippen LogP contribution in [0.4, 0.5) is 9.93 Å². The van der Waals surface area contributed by atoms with Gasteiger partial charge in [-0.05, 0) is 25.7 Å². The molecule has 27 heavy (non-hydrogen) atoms. The predicted octanol–water partition coefficient (Wildman–Crippen LogP) is 4.96. The Bertz CT molecular complexity index is 607. The van der Waals surface area contributed by atoms with Crippen molar-refractivity contribution in [1.29, 1.82) is 0 Å². The molecule has 2 amide bonds. The van der Waals surface area contributed by atoms with Crippen molar-refractivity contribution in [1.82, 2.24) is 9.88 Å². The van der Waals surface area contributed by atoms with Gasteiger partial charge in [-0.3, -0.25) is 10.1 Å². The molecule has 0 radical (unpaired) electrons. The van der Waals surface area contributed by atoms with E-state index in [-0.39, 0.29) is 11.8 Å². The highest BCUT2D eigenvalue weighted by atomic mass is 32.2. The minimum Gasteiger partial charge on any atom is -0.481 e. The molecule has 0 spiro atoms. The van der Waals surface area contributed by atoms with Gasteiger partial charge in [-0.15, -0.1) is 23.1 Å². The number of amides is 2. The van der Waals surface area contributed by atoms with Crippen LogP contribution in [0.15, 0.2) is 5.38 Å². The van der Waals surface area contributed by atoms with Crippen molar-refractivity contribution in [3.05, 3.63) is 11.1 Å². The molecule has 150 valence electrons. The molecule has 1 aromatic rings. The number of aromatic nitrogens is 1. The molecular formula is C19H29N3O3S2. The second-order valence-electron chi connectivity index (χ2n) is 7.45. The van der Waals surface area contributed by atoms with E-state index in [0.29, 0.717) is 23.0 Å². The predicted molar refractivity (Wildman–Crippen MR) is 111 cm³/mol. The lowest BCUT2D eigenvalue weighted by atomic mass is 9.89. The number of carboxylic acids is 1. The highest BCUT2D eigenvalue weighted by Gasteiger charge is 2.32. The Kier molecular flexibility index (Phi) is 7.81. The Morgan fingerprint density at radius 3 is 2.26 bits per heavy atom. The smallest absolute Gasteiger partial charge is 0.324 e. The maximum atomic E-state index is 13.1. The maximum absolute atomic E-state index is 13.1. The van der Waals surface area contributed by atoms with E-state index in [9.17, 15) is 9.59 Å². The topological polar surface area (TPSA) is 82.5 Å². The van der Waals surface area contributed by atoms with Gasteiger partial charge in [-0.25, -0.2) is 9.78 Å². The molecule has 2 saturated carbocycles. The lowest BCUT2D eigenvalue weighted by Gasteiger charge is -2.41. The molecule has 3 rings (SSSR count). The molecular weight excluding hydrogens is 382 g/mol. The standard InChI is InChI=1S/C19H29N3O3S2/c23-17(24)13-26-11-14-12-27-18(20-14)21-19(25)22(15-7-3-1-4-8-15)16-9-5-2-6-10-16/h12,15-16H,1-11,13H2,(H,23,24)(H,20,21,25). The van der Waals surface area contributed by atoms with Gasteiger partial charge < -0.3 is 10.0 Å². The molecule has 1 aromatic heterocycles. The lowest BCUT2D eigenvalue weighted by molar-refractivity contribution is -0.133. The minimum atomic E-state index is -0.820. The van der Waals surface area contributed by atoms with Crippen LogP contribution >= 0.6 is 23.1 Å². The number of aliphatic carboxylic acids is 1. The Morgan fingerprint density at radius 2 is 1.70 bits per heavy atom. The van der Waals surface area contributed by atoms with Gasteiger partial charge in [0.05, 0.1) is 11.4 Å². The van der Waals surface area contributed by atoms with E-state index in [2.05, 4.69) is 15.2 Å². The van der Waals surface area contributed by atoms with E-state index >= 15 is 0 Å². The van der Waals surface area contributed by atoms with Gasteiger partial charge in [0.25, 0.3) is 0 Å². The van der Waals surface area contributed by atoms with E-state index in [1.54, 1.807) is 0 Å². The summed E-state index contributed by atoms with van der Waals surface area (Å²) in [6, 6.07) is 0.702. The molecule has 0 aliphatic heterocycles. The number of nitrogens with one attached hydrogen (secondary N) is 1. The molecule has 2 aliphatic rings. The van der Waals surface area contributed by atoms with Crippen LogP contribution in [-0.2, 0) is 10.5 Å². The third-order valence-corrected chi connectivity index (χ3v) is 7.17. The minimum absolute atomic E-state index is 0.00658. The van der Waals surface area contributed by atoms with Crippen molar-refractivity contribution < 1.29 is 14.7 Å². The maximum Gasteiger partial charge on any atom is 0.324 e. The van der Waals surface area contributed by atoms with Crippen LogP contribution in [-0.4, -0.2) is 44.8 Å². The summed E-state index contributed by atoms with van der Waals surface area (Å²) < 4.78 is 0. The number of thioether (sulfide) groups is 1. The van der Waals surface area contributed by atoms with Crippen LogP contribution in [0.5, 0.6) is 0 Å². The molecule has 2 aliphatic carbocycles. The molecule has 0 atom stereocenters. The first-order chi connectivity index (χ1) is 13.1. The van der Waals surface area contributed by atoms with Crippen molar-refractivity contribution in [3.63, 3.8) is 0 Å². The number of hydrogen-bond acceptors (Lipinski definition) is 5. The number of carbonyl (C=O) groups is 2. The zero-order valence-corrected chi connectivity index (χ0v) is 17.3. The Balaban J connectivity index is 1.61. The summed E-state index contributed by atoms with van der Waals surface area (Å²) in [6.07, 6.45) is 11.8. The van der Waals surface area contributed by atoms with E-state index < -0.39 is 5.97 Å². The molecule has 6 nitrogen and oxygen atoms in total. The third-order valence-electron chi connectivity index (χ3n) is 5.41. The van der Waals surface area contributed by atoms with Gasteiger partial charge in [-0.2, -0.15) is 0 Å². The number of rotatable bonds is 7. The van der Waals surface area contributed by atoms with E-state index in [1.807, 2.05) is 5.38 Å². The van der Waals surface area contributed by atoms with Crippen LogP contribution in [0, 0.1) is 0 Å². The Hall–Kier alpha value is -1.28. The first-order valence-corrected chi connectivity index (χ1v) is 12.0. The van der Waals surface area contributed by atoms with Crippen molar-refractivity contribution in [3.8, 4) is 0 Å². The first kappa shape index (κ1) is 20.5. The van der Waals surface area contributed by atoms with Crippen LogP contribution in [0.3, 0.4) is 0 Å². The van der Waals surface area contributed by atoms with Gasteiger partial charge in [0.2, 0.25) is 0 Å². The van der Waals surface area contributed by atoms with E-state index in [1.165, 1.54) is 61.6 Å². The van der Waals surface area contributed by atoms with Gasteiger partial charge >= 0.3 is 12.0 Å². The fraction of sp³-hybridized carbons (Fsp3) is 0.737. The van der Waals surface area contributed by atoms with Crippen molar-refractivity contribution in [2.24, 2.45) is 0 Å². The van der Waals surface area contributed by atoms with E-state index in [0.717, 1.165) is 31.4 Å². The number of carbonyl (C=O) groups excluding carboxylic acids is 1. The average Bonchev–Trinajstić information content (AvgIpc) is 3.10. The largest absolute Gasteiger partial charge is 0.481 e. The number of nitrogens with zero attached hydrogens (tertiary/aromatic N) is 2. The lowest BCUT2D eigenvalue weighted by Crippen LogP contribution is -2.50. The highest BCUT2D eigenvalue weighted by molar-refractivity contribution is 7.99. The van der Waals surface area contributed by atoms with Gasteiger partial charge in [0.15, 0.2) is 5.13 Å². The summed E-state index contributed by atoms with van der Waals surface area (Å²) in [6.45, 7) is 0. The second-order valence-corrected chi connectivity index (χ2v) is 9.30. The number of anilines is 1. The number of carboxylic acid groups (broad SMARTS) is 1. The fourth-order valence-corrected chi connectivity index (χ4v) is 5.62. The monoisotopic (exact) mass is 411 g/mol. The summed E-state index contributed by atoms with van der Waals surface area (Å²) in [5, 5.41) is 14.3. The number of thiazole rings is 1. The van der Waals surface area contributed by atoms with Crippen molar-refractivity contribution >= 4 is 40.2 Å². The quantitative estimate of drug-likeness (QED) is 0.662. The summed E-state index contributed by atoms with van der Waals surface area (Å²) in [5.74, 6) is -0.205. The average molecular weight is 412 g/mol. The van der Waals surface area contributed by atoms with Crippen molar-refractivity contribution in [2.75, 3.05) is 11.1 Å². The van der Waals surface area contributed by atoms with Crippen molar-refractivity contribution in [2.45, 2.75) is 82.0 Å². The molecule has 0 saturated heterocycles. The molecule has 0 bridgehead atoms. The number of urea groups is 1. The van der Waals surface area contributed by atoms with Crippen LogP contribution in [0.25, 0.3) is 0 Å². The van der Waals surface area contributed by atoms with E-state index in [4.69, 9.17) is 5.11 Å². The molecule has 0 aromatic carbocycles. The van der Waals surface area contributed by atoms with Crippen LogP contribution in [0.2, 0.25) is 0 Å². The fourth-order valence-electron chi connectivity index (χ4n) is 4.18. The molecule has 2 N–H and O–H groups in total. The molecule has 8 heteroatoms. The molecule has 0 unspecified atom stereocenters. The van der Waals surface area contributed by atoms with Gasteiger partial charge in [-0.1, -0.05) is 38.5 Å².